The molecule has 2 rings (SSSR count). The summed E-state index contributed by atoms with van der Waals surface area (Å²) in [7, 11) is 0. The van der Waals surface area contributed by atoms with E-state index in [2.05, 4.69) is 0 Å². The van der Waals surface area contributed by atoms with Gasteiger partial charge in [-0.3, -0.25) is 9.59 Å². The van der Waals surface area contributed by atoms with Crippen molar-refractivity contribution in [3.8, 4) is 0 Å². The highest BCUT2D eigenvalue weighted by Crippen LogP contribution is 2.45. The van der Waals surface area contributed by atoms with E-state index in [0.717, 1.165) is 0 Å². The second-order valence-electron chi connectivity index (χ2n) is 9.33. The normalized spacial score (nSPS) is 51.1. The van der Waals surface area contributed by atoms with Crippen LogP contribution >= 0.6 is 0 Å². The van der Waals surface area contributed by atoms with Crippen molar-refractivity contribution < 1.29 is 34.4 Å². The van der Waals surface area contributed by atoms with Gasteiger partial charge in [-0.1, -0.05) is 27.7 Å². The molecule has 10 atom stereocenters. The summed E-state index contributed by atoms with van der Waals surface area (Å²) in [6, 6.07) is 0. The van der Waals surface area contributed by atoms with Gasteiger partial charge >= 0.3 is 5.97 Å². The predicted molar refractivity (Wildman–Crippen MR) is 102 cm³/mol. The van der Waals surface area contributed by atoms with Crippen LogP contribution in [0.5, 0.6) is 0 Å². The van der Waals surface area contributed by atoms with Gasteiger partial charge in [-0.05, 0) is 27.2 Å². The van der Waals surface area contributed by atoms with Gasteiger partial charge in [-0.15, -0.1) is 0 Å². The first-order valence-electron chi connectivity index (χ1n) is 10.3. The van der Waals surface area contributed by atoms with Crippen molar-refractivity contribution >= 4 is 11.8 Å². The van der Waals surface area contributed by atoms with Crippen LogP contribution in [-0.4, -0.2) is 62.7 Å². The lowest BCUT2D eigenvalue weighted by molar-refractivity contribution is -0.167. The monoisotopic (exact) mass is 400 g/mol. The molecule has 2 aliphatic rings. The summed E-state index contributed by atoms with van der Waals surface area (Å²) >= 11 is 0. The molecular formula is C21H36O7. The van der Waals surface area contributed by atoms with Crippen molar-refractivity contribution in [2.45, 2.75) is 96.9 Å². The molecule has 2 aliphatic heterocycles. The Kier molecular flexibility index (Phi) is 6.66. The Morgan fingerprint density at radius 3 is 2.07 bits per heavy atom. The van der Waals surface area contributed by atoms with Gasteiger partial charge in [0, 0.05) is 24.2 Å². The summed E-state index contributed by atoms with van der Waals surface area (Å²) in [4.78, 5) is 25.9. The first-order chi connectivity index (χ1) is 12.8. The van der Waals surface area contributed by atoms with Crippen LogP contribution in [-0.2, 0) is 19.1 Å². The van der Waals surface area contributed by atoms with Crippen LogP contribution in [0.15, 0.2) is 0 Å². The molecule has 2 fully saturated rings. The van der Waals surface area contributed by atoms with Crippen molar-refractivity contribution in [2.24, 2.45) is 23.7 Å². The number of ether oxygens (including phenoxy) is 2. The molecule has 7 heteroatoms. The third kappa shape index (κ3) is 3.99. The lowest BCUT2D eigenvalue weighted by Crippen LogP contribution is -2.47. The number of rotatable bonds is 1. The van der Waals surface area contributed by atoms with Gasteiger partial charge in [0.15, 0.2) is 5.78 Å². The number of aliphatic hydroxyl groups is 3. The van der Waals surface area contributed by atoms with Gasteiger partial charge in [-0.25, -0.2) is 0 Å². The third-order valence-electron chi connectivity index (χ3n) is 6.84. The molecule has 2 saturated heterocycles. The maximum absolute atomic E-state index is 13.2. The molecule has 162 valence electrons. The van der Waals surface area contributed by atoms with Gasteiger partial charge in [0.2, 0.25) is 0 Å². The molecule has 2 bridgehead atoms. The first kappa shape index (κ1) is 23.3. The second-order valence-corrected chi connectivity index (χ2v) is 9.33. The van der Waals surface area contributed by atoms with Crippen LogP contribution in [0, 0.1) is 23.7 Å². The molecule has 0 radical (unpaired) electrons. The van der Waals surface area contributed by atoms with Gasteiger partial charge in [0.1, 0.15) is 11.7 Å². The van der Waals surface area contributed by atoms with Crippen molar-refractivity contribution in [2.75, 3.05) is 0 Å². The number of Topliss-reactive ketones (excluding diaryl/α,β-unsaturated/α-hetero) is 1. The Hall–Kier alpha value is -1.02. The van der Waals surface area contributed by atoms with E-state index < -0.39 is 65.3 Å². The van der Waals surface area contributed by atoms with Gasteiger partial charge in [0.05, 0.1) is 29.8 Å². The minimum Gasteiger partial charge on any atom is -0.462 e. The van der Waals surface area contributed by atoms with E-state index in [1.807, 2.05) is 6.92 Å². The van der Waals surface area contributed by atoms with Crippen molar-refractivity contribution in [3.63, 3.8) is 0 Å². The minimum atomic E-state index is -1.36. The van der Waals surface area contributed by atoms with E-state index in [-0.39, 0.29) is 12.2 Å². The lowest BCUT2D eigenvalue weighted by atomic mass is 9.76. The number of esters is 1. The van der Waals surface area contributed by atoms with E-state index in [1.54, 1.807) is 41.5 Å². The molecule has 28 heavy (non-hydrogen) atoms. The van der Waals surface area contributed by atoms with Crippen LogP contribution < -0.4 is 0 Å². The van der Waals surface area contributed by atoms with Crippen LogP contribution in [0.2, 0.25) is 0 Å². The van der Waals surface area contributed by atoms with E-state index in [9.17, 15) is 24.9 Å². The highest BCUT2D eigenvalue weighted by atomic mass is 16.6. The Morgan fingerprint density at radius 1 is 1.00 bits per heavy atom. The number of aliphatic hydroxyl groups excluding tert-OH is 2. The molecule has 7 nitrogen and oxygen atoms in total. The molecule has 0 saturated carbocycles. The minimum absolute atomic E-state index is 0.0576. The first-order valence-corrected chi connectivity index (χ1v) is 10.3. The fourth-order valence-electron chi connectivity index (χ4n) is 4.96. The number of fused-ring (bicyclic) bond motifs is 2. The average Bonchev–Trinajstić information content (AvgIpc) is 2.90. The Balaban J connectivity index is 2.51. The maximum atomic E-state index is 13.2. The SMILES string of the molecule is CC[C@H]1OC(=O)[C@H](C)[C@@H](O)[C@H](C)[C@H]2O[C@@](C)(C[C@@]2(C)O)C(=O)[C@H](C)[C@@H](O)[C@H]1C. The van der Waals surface area contributed by atoms with Crippen molar-refractivity contribution in [1.29, 1.82) is 0 Å². The third-order valence-corrected chi connectivity index (χ3v) is 6.84. The molecule has 0 aromatic heterocycles. The van der Waals surface area contributed by atoms with Crippen LogP contribution in [0.25, 0.3) is 0 Å². The Morgan fingerprint density at radius 2 is 1.54 bits per heavy atom. The molecule has 0 aromatic carbocycles. The summed E-state index contributed by atoms with van der Waals surface area (Å²) in [5, 5.41) is 32.5. The number of cyclic esters (lactones) is 1. The Labute approximate surface area is 167 Å². The van der Waals surface area contributed by atoms with E-state index in [4.69, 9.17) is 9.47 Å². The van der Waals surface area contributed by atoms with Gasteiger partial charge < -0.3 is 24.8 Å². The molecule has 0 aliphatic carbocycles. The molecule has 0 aromatic rings. The van der Waals surface area contributed by atoms with E-state index >= 15 is 0 Å². The fraction of sp³-hybridized carbons (Fsp3) is 0.905. The number of carbonyl (C=O) groups excluding carboxylic acids is 2. The standard InChI is InChI=1S/C21H36O7/c1-8-14-10(2)15(22)11(3)17(24)21(7)9-20(6,26)18(28-21)12(4)16(23)13(5)19(25)27-14/h10-16,18,22-23,26H,8-9H2,1-7H3/t10-,11+,12-,13+,14+,15-,16-,18+,20+,21-/m0/s1. The van der Waals surface area contributed by atoms with Crippen molar-refractivity contribution in [3.05, 3.63) is 0 Å². The summed E-state index contributed by atoms with van der Waals surface area (Å²) in [6.07, 6.45) is -3.02. The van der Waals surface area contributed by atoms with E-state index in [1.165, 1.54) is 0 Å². The largest absolute Gasteiger partial charge is 0.462 e. The van der Waals surface area contributed by atoms with Crippen LogP contribution in [0.4, 0.5) is 0 Å². The number of carbonyl (C=O) groups is 2. The fourth-order valence-corrected chi connectivity index (χ4v) is 4.96. The topological polar surface area (TPSA) is 113 Å². The van der Waals surface area contributed by atoms with Crippen LogP contribution in [0.1, 0.15) is 61.3 Å². The highest BCUT2D eigenvalue weighted by Gasteiger charge is 2.58. The van der Waals surface area contributed by atoms with Gasteiger partial charge in [0.25, 0.3) is 0 Å². The summed E-state index contributed by atoms with van der Waals surface area (Å²) in [5.74, 6) is -3.55. The zero-order valence-electron chi connectivity index (χ0n) is 18.0. The molecule has 0 unspecified atom stereocenters. The molecular weight excluding hydrogens is 364 g/mol. The van der Waals surface area contributed by atoms with E-state index in [0.29, 0.717) is 6.42 Å². The second kappa shape index (κ2) is 8.01. The smallest absolute Gasteiger partial charge is 0.311 e. The number of hydrogen-bond donors (Lipinski definition) is 3. The molecule has 3 N–H and O–H groups in total. The average molecular weight is 401 g/mol. The number of hydrogen-bond acceptors (Lipinski definition) is 7. The molecule has 0 spiro atoms. The van der Waals surface area contributed by atoms with Gasteiger partial charge in [-0.2, -0.15) is 0 Å². The summed E-state index contributed by atoms with van der Waals surface area (Å²) in [6.45, 7) is 11.7. The van der Waals surface area contributed by atoms with Crippen LogP contribution in [0.3, 0.4) is 0 Å². The Bertz CT molecular complexity index is 604. The zero-order chi connectivity index (χ0) is 21.6. The lowest BCUT2D eigenvalue weighted by Gasteiger charge is -2.34. The highest BCUT2D eigenvalue weighted by molar-refractivity contribution is 5.90. The summed E-state index contributed by atoms with van der Waals surface area (Å²) in [5.41, 5.74) is -2.65. The maximum Gasteiger partial charge on any atom is 0.311 e. The predicted octanol–water partition coefficient (Wildman–Crippen LogP) is 1.46. The molecule has 2 heterocycles. The zero-order valence-corrected chi connectivity index (χ0v) is 18.0. The quantitative estimate of drug-likeness (QED) is 0.571. The summed E-state index contributed by atoms with van der Waals surface area (Å²) < 4.78 is 11.6. The number of ketones is 1. The molecule has 0 amide bonds. The van der Waals surface area contributed by atoms with Crippen molar-refractivity contribution in [1.82, 2.24) is 0 Å².